The first-order chi connectivity index (χ1) is 14.0. The van der Waals surface area contributed by atoms with Crippen LogP contribution in [0.2, 0.25) is 0 Å². The first-order valence-corrected chi connectivity index (χ1v) is 10.9. The molecule has 0 bridgehead atoms. The zero-order chi connectivity index (χ0) is 20.7. The van der Waals surface area contributed by atoms with E-state index in [9.17, 15) is 4.79 Å². The quantitative estimate of drug-likeness (QED) is 0.625. The molecule has 29 heavy (non-hydrogen) atoms. The van der Waals surface area contributed by atoms with Crippen LogP contribution in [0.25, 0.3) is 16.9 Å². The molecule has 1 saturated heterocycles. The fourth-order valence-electron chi connectivity index (χ4n) is 4.76. The van der Waals surface area contributed by atoms with Crippen LogP contribution in [-0.2, 0) is 7.05 Å². The lowest BCUT2D eigenvalue weighted by Gasteiger charge is -2.20. The lowest BCUT2D eigenvalue weighted by Crippen LogP contribution is -2.24. The van der Waals surface area contributed by atoms with Gasteiger partial charge in [0.15, 0.2) is 5.82 Å². The molecule has 0 unspecified atom stereocenters. The van der Waals surface area contributed by atoms with E-state index in [1.54, 1.807) is 4.57 Å². The molecule has 3 aromatic rings. The van der Waals surface area contributed by atoms with E-state index in [2.05, 4.69) is 49.9 Å². The number of nitrogens with zero attached hydrogens (tertiary/aromatic N) is 4. The van der Waals surface area contributed by atoms with Gasteiger partial charge in [-0.25, -0.2) is 4.52 Å². The third-order valence-corrected chi connectivity index (χ3v) is 6.55. The van der Waals surface area contributed by atoms with E-state index < -0.39 is 0 Å². The van der Waals surface area contributed by atoms with Crippen molar-refractivity contribution in [3.8, 4) is 11.4 Å². The Bertz CT molecular complexity index is 1100. The summed E-state index contributed by atoms with van der Waals surface area (Å²) in [5.41, 5.74) is 6.36. The fourth-order valence-corrected chi connectivity index (χ4v) is 4.76. The molecule has 1 aliphatic heterocycles. The van der Waals surface area contributed by atoms with E-state index in [4.69, 9.17) is 5.10 Å². The van der Waals surface area contributed by atoms with Crippen molar-refractivity contribution in [3.63, 3.8) is 0 Å². The summed E-state index contributed by atoms with van der Waals surface area (Å²) >= 11 is 0. The second-order valence-electron chi connectivity index (χ2n) is 8.40. The summed E-state index contributed by atoms with van der Waals surface area (Å²) < 4.78 is 3.58. The van der Waals surface area contributed by atoms with Crippen molar-refractivity contribution in [2.45, 2.75) is 59.3 Å². The third-order valence-electron chi connectivity index (χ3n) is 6.55. The van der Waals surface area contributed by atoms with E-state index >= 15 is 0 Å². The highest BCUT2D eigenvalue weighted by Gasteiger charge is 2.21. The van der Waals surface area contributed by atoms with Crippen molar-refractivity contribution in [2.75, 3.05) is 18.0 Å². The molecule has 0 radical (unpaired) electrons. The molecule has 3 heterocycles. The van der Waals surface area contributed by atoms with Crippen molar-refractivity contribution in [1.82, 2.24) is 14.2 Å². The van der Waals surface area contributed by atoms with Gasteiger partial charge in [-0.05, 0) is 80.8 Å². The molecule has 1 fully saturated rings. The molecule has 0 atom stereocenters. The van der Waals surface area contributed by atoms with Crippen molar-refractivity contribution in [3.05, 3.63) is 51.4 Å². The van der Waals surface area contributed by atoms with E-state index in [-0.39, 0.29) is 5.56 Å². The van der Waals surface area contributed by atoms with Gasteiger partial charge in [0.2, 0.25) is 0 Å². The Balaban J connectivity index is 1.86. The van der Waals surface area contributed by atoms with Gasteiger partial charge in [-0.3, -0.25) is 9.36 Å². The second-order valence-corrected chi connectivity index (χ2v) is 8.40. The molecular formula is C24H32N4O. The molecular weight excluding hydrogens is 360 g/mol. The van der Waals surface area contributed by atoms with Crippen LogP contribution in [0.5, 0.6) is 0 Å². The van der Waals surface area contributed by atoms with Crippen LogP contribution >= 0.6 is 0 Å². The molecule has 154 valence electrons. The van der Waals surface area contributed by atoms with E-state index in [1.807, 2.05) is 18.5 Å². The van der Waals surface area contributed by atoms with Crippen LogP contribution in [0.4, 0.5) is 5.69 Å². The van der Waals surface area contributed by atoms with Gasteiger partial charge in [-0.2, -0.15) is 0 Å². The molecule has 1 aromatic carbocycles. The SMILES string of the molecule is CCC(CC)c1cc(C)n2nc(-c3ccc(N4CCCC4)cc3C)n(C)c(=O)c12. The Morgan fingerprint density at radius 3 is 2.38 bits per heavy atom. The molecule has 0 amide bonds. The number of aryl methyl sites for hydroxylation is 2. The van der Waals surface area contributed by atoms with Gasteiger partial charge in [0, 0.05) is 37.1 Å². The van der Waals surface area contributed by atoms with Crippen LogP contribution < -0.4 is 10.5 Å². The summed E-state index contributed by atoms with van der Waals surface area (Å²) in [7, 11) is 1.84. The highest BCUT2D eigenvalue weighted by atomic mass is 16.1. The first-order valence-electron chi connectivity index (χ1n) is 10.9. The monoisotopic (exact) mass is 392 g/mol. The molecule has 1 aliphatic rings. The summed E-state index contributed by atoms with van der Waals surface area (Å²) in [6, 6.07) is 8.67. The standard InChI is InChI=1S/C24H32N4O/c1-6-18(7-2)21-15-17(4)28-22(21)24(29)26(5)23(25-28)20-11-10-19(14-16(20)3)27-12-8-9-13-27/h10-11,14-15,18H,6-9,12-13H2,1-5H3. The van der Waals surface area contributed by atoms with Crippen molar-refractivity contribution >= 4 is 11.2 Å². The lowest BCUT2D eigenvalue weighted by molar-refractivity contribution is 0.644. The van der Waals surface area contributed by atoms with Gasteiger partial charge in [0.1, 0.15) is 5.52 Å². The van der Waals surface area contributed by atoms with Crippen molar-refractivity contribution < 1.29 is 0 Å². The topological polar surface area (TPSA) is 42.5 Å². The zero-order valence-corrected chi connectivity index (χ0v) is 18.3. The molecule has 0 saturated carbocycles. The Hall–Kier alpha value is -2.56. The maximum absolute atomic E-state index is 13.4. The summed E-state index contributed by atoms with van der Waals surface area (Å²) in [5, 5.41) is 4.93. The van der Waals surface area contributed by atoms with Crippen LogP contribution in [-0.4, -0.2) is 27.3 Å². The number of anilines is 1. The predicted octanol–water partition coefficient (Wildman–Crippen LogP) is 4.82. The molecule has 5 heteroatoms. The van der Waals surface area contributed by atoms with E-state index in [0.717, 1.165) is 59.7 Å². The Labute approximate surface area is 173 Å². The molecule has 0 aliphatic carbocycles. The van der Waals surface area contributed by atoms with Crippen LogP contribution in [0, 0.1) is 13.8 Å². The van der Waals surface area contributed by atoms with E-state index in [0.29, 0.717) is 5.92 Å². The summed E-state index contributed by atoms with van der Waals surface area (Å²) in [6.07, 6.45) is 4.58. The first kappa shape index (κ1) is 19.7. The zero-order valence-electron chi connectivity index (χ0n) is 18.3. The maximum atomic E-state index is 13.4. The van der Waals surface area contributed by atoms with Gasteiger partial charge < -0.3 is 4.90 Å². The number of hydrogen-bond acceptors (Lipinski definition) is 3. The van der Waals surface area contributed by atoms with Gasteiger partial charge >= 0.3 is 0 Å². The Morgan fingerprint density at radius 2 is 1.76 bits per heavy atom. The van der Waals surface area contributed by atoms with Crippen molar-refractivity contribution in [1.29, 1.82) is 0 Å². The van der Waals surface area contributed by atoms with Gasteiger partial charge in [-0.1, -0.05) is 13.8 Å². The Kier molecular flexibility index (Phi) is 5.24. The van der Waals surface area contributed by atoms with Gasteiger partial charge in [-0.15, -0.1) is 5.10 Å². The summed E-state index contributed by atoms with van der Waals surface area (Å²) in [6.45, 7) is 10.8. The number of aromatic nitrogens is 3. The van der Waals surface area contributed by atoms with Crippen LogP contribution in [0.15, 0.2) is 29.1 Å². The second kappa shape index (κ2) is 7.69. The predicted molar refractivity (Wildman–Crippen MR) is 120 cm³/mol. The minimum Gasteiger partial charge on any atom is -0.372 e. The van der Waals surface area contributed by atoms with Crippen LogP contribution in [0.1, 0.15) is 62.3 Å². The molecule has 4 rings (SSSR count). The maximum Gasteiger partial charge on any atom is 0.278 e. The van der Waals surface area contributed by atoms with E-state index in [1.165, 1.54) is 18.5 Å². The average Bonchev–Trinajstić information content (AvgIpc) is 3.35. The number of hydrogen-bond donors (Lipinski definition) is 0. The highest BCUT2D eigenvalue weighted by molar-refractivity contribution is 5.67. The van der Waals surface area contributed by atoms with Crippen molar-refractivity contribution in [2.24, 2.45) is 7.05 Å². The number of benzene rings is 1. The molecule has 2 aromatic heterocycles. The Morgan fingerprint density at radius 1 is 1.07 bits per heavy atom. The normalized spacial score (nSPS) is 14.5. The molecule has 0 N–H and O–H groups in total. The van der Waals surface area contributed by atoms with Crippen LogP contribution in [0.3, 0.4) is 0 Å². The highest BCUT2D eigenvalue weighted by Crippen LogP contribution is 2.30. The van der Waals surface area contributed by atoms with Gasteiger partial charge in [0.25, 0.3) is 5.56 Å². The largest absolute Gasteiger partial charge is 0.372 e. The lowest BCUT2D eigenvalue weighted by atomic mass is 9.95. The number of fused-ring (bicyclic) bond motifs is 1. The molecule has 5 nitrogen and oxygen atoms in total. The minimum absolute atomic E-state index is 0.0352. The fraction of sp³-hybridized carbons (Fsp3) is 0.500. The smallest absolute Gasteiger partial charge is 0.278 e. The van der Waals surface area contributed by atoms with Gasteiger partial charge in [0.05, 0.1) is 0 Å². The third kappa shape index (κ3) is 3.26. The minimum atomic E-state index is 0.0352. The summed E-state index contributed by atoms with van der Waals surface area (Å²) in [5.74, 6) is 1.11. The molecule has 0 spiro atoms. The number of rotatable bonds is 5. The average molecular weight is 393 g/mol. The summed E-state index contributed by atoms with van der Waals surface area (Å²) in [4.78, 5) is 15.8.